The lowest BCUT2D eigenvalue weighted by Gasteiger charge is -2.06. The predicted octanol–water partition coefficient (Wildman–Crippen LogP) is 2.18. The summed E-state index contributed by atoms with van der Waals surface area (Å²) in [4.78, 5) is 11.8. The van der Waals surface area contributed by atoms with E-state index in [-0.39, 0.29) is 5.91 Å². The van der Waals surface area contributed by atoms with Gasteiger partial charge in [0.25, 0.3) is 5.91 Å². The summed E-state index contributed by atoms with van der Waals surface area (Å²) in [5.41, 5.74) is 1.03. The Labute approximate surface area is 112 Å². The summed E-state index contributed by atoms with van der Waals surface area (Å²) < 4.78 is 2.07. The number of nitrogens with zero attached hydrogens (tertiary/aromatic N) is 2. The normalized spacial score (nSPS) is 9.84. The highest BCUT2D eigenvalue weighted by molar-refractivity contribution is 5.94. The van der Waals surface area contributed by atoms with Gasteiger partial charge < -0.3 is 9.88 Å². The quantitative estimate of drug-likeness (QED) is 0.830. The van der Waals surface area contributed by atoms with Gasteiger partial charge >= 0.3 is 0 Å². The average molecular weight is 253 g/mol. The van der Waals surface area contributed by atoms with Crippen LogP contribution in [0.15, 0.2) is 48.8 Å². The Hall–Kier alpha value is -2.54. The van der Waals surface area contributed by atoms with Crippen LogP contribution in [0.4, 0.5) is 0 Å². The number of nitrogens with one attached hydrogen (secondary N) is 1. The molecule has 4 nitrogen and oxygen atoms in total. The maximum absolute atomic E-state index is 11.8. The van der Waals surface area contributed by atoms with Gasteiger partial charge in [-0.1, -0.05) is 6.07 Å². The first kappa shape index (κ1) is 12.9. The fourth-order valence-electron chi connectivity index (χ4n) is 1.81. The molecule has 1 aromatic heterocycles. The van der Waals surface area contributed by atoms with Gasteiger partial charge in [-0.25, -0.2) is 0 Å². The molecule has 19 heavy (non-hydrogen) atoms. The van der Waals surface area contributed by atoms with Gasteiger partial charge in [-0.05, 0) is 36.8 Å². The molecule has 0 unspecified atom stereocenters. The number of benzene rings is 1. The minimum Gasteiger partial charge on any atom is -0.354 e. The van der Waals surface area contributed by atoms with Crippen LogP contribution in [-0.4, -0.2) is 17.0 Å². The Bertz CT molecular complexity index is 582. The second-order valence-corrected chi connectivity index (χ2v) is 4.22. The molecule has 1 heterocycles. The first-order valence-corrected chi connectivity index (χ1v) is 6.19. The van der Waals surface area contributed by atoms with Crippen LogP contribution in [0.3, 0.4) is 0 Å². The van der Waals surface area contributed by atoms with Gasteiger partial charge in [0, 0.05) is 31.0 Å². The van der Waals surface area contributed by atoms with E-state index in [1.54, 1.807) is 24.3 Å². The van der Waals surface area contributed by atoms with E-state index in [0.29, 0.717) is 17.7 Å². The van der Waals surface area contributed by atoms with Crippen molar-refractivity contribution in [3.8, 4) is 6.07 Å². The van der Waals surface area contributed by atoms with Gasteiger partial charge in [0.1, 0.15) is 0 Å². The van der Waals surface area contributed by atoms with Gasteiger partial charge in [-0.3, -0.25) is 4.79 Å². The van der Waals surface area contributed by atoms with E-state index in [0.717, 1.165) is 13.0 Å². The van der Waals surface area contributed by atoms with Gasteiger partial charge in [0.2, 0.25) is 0 Å². The number of aryl methyl sites for hydroxylation is 1. The summed E-state index contributed by atoms with van der Waals surface area (Å²) >= 11 is 0. The third kappa shape index (κ3) is 3.71. The van der Waals surface area contributed by atoms with Crippen LogP contribution in [0, 0.1) is 11.3 Å². The Morgan fingerprint density at radius 1 is 1.26 bits per heavy atom. The van der Waals surface area contributed by atoms with E-state index in [2.05, 4.69) is 9.88 Å². The van der Waals surface area contributed by atoms with Crippen molar-refractivity contribution in [2.45, 2.75) is 13.0 Å². The van der Waals surface area contributed by atoms with E-state index in [1.165, 1.54) is 0 Å². The van der Waals surface area contributed by atoms with Gasteiger partial charge in [-0.2, -0.15) is 5.26 Å². The van der Waals surface area contributed by atoms with Crippen LogP contribution < -0.4 is 5.32 Å². The number of aromatic nitrogens is 1. The molecule has 0 radical (unpaired) electrons. The molecule has 1 amide bonds. The van der Waals surface area contributed by atoms with E-state index in [4.69, 9.17) is 5.26 Å². The topological polar surface area (TPSA) is 57.8 Å². The minimum atomic E-state index is -0.135. The standard InChI is InChI=1S/C15H15N3O/c16-12-13-5-3-6-14(11-13)15(19)17-7-4-10-18-8-1-2-9-18/h1-3,5-6,8-9,11H,4,7,10H2,(H,17,19). The molecule has 0 aliphatic carbocycles. The smallest absolute Gasteiger partial charge is 0.251 e. The average Bonchev–Trinajstić information content (AvgIpc) is 2.96. The van der Waals surface area contributed by atoms with Crippen molar-refractivity contribution in [2.24, 2.45) is 0 Å². The zero-order valence-corrected chi connectivity index (χ0v) is 10.5. The van der Waals surface area contributed by atoms with E-state index < -0.39 is 0 Å². The molecule has 0 saturated carbocycles. The molecule has 96 valence electrons. The van der Waals surface area contributed by atoms with Crippen LogP contribution in [0.1, 0.15) is 22.3 Å². The number of hydrogen-bond donors (Lipinski definition) is 1. The molecular weight excluding hydrogens is 238 g/mol. The maximum Gasteiger partial charge on any atom is 0.251 e. The number of amides is 1. The predicted molar refractivity (Wildman–Crippen MR) is 72.5 cm³/mol. The molecule has 2 aromatic rings. The molecule has 0 aliphatic rings. The Kier molecular flexibility index (Phi) is 4.35. The van der Waals surface area contributed by atoms with Crippen LogP contribution in [0.25, 0.3) is 0 Å². The first-order valence-electron chi connectivity index (χ1n) is 6.19. The van der Waals surface area contributed by atoms with Crippen LogP contribution in [0.2, 0.25) is 0 Å². The summed E-state index contributed by atoms with van der Waals surface area (Å²) in [5.74, 6) is -0.135. The Morgan fingerprint density at radius 3 is 2.79 bits per heavy atom. The highest BCUT2D eigenvalue weighted by atomic mass is 16.1. The van der Waals surface area contributed by atoms with Crippen molar-refractivity contribution in [2.75, 3.05) is 6.54 Å². The van der Waals surface area contributed by atoms with Gasteiger partial charge in [0.15, 0.2) is 0 Å². The molecule has 2 rings (SSSR count). The van der Waals surface area contributed by atoms with E-state index in [9.17, 15) is 4.79 Å². The summed E-state index contributed by atoms with van der Waals surface area (Å²) in [6.07, 6.45) is 4.87. The number of carbonyl (C=O) groups excluding carboxylic acids is 1. The molecule has 0 aliphatic heterocycles. The third-order valence-electron chi connectivity index (χ3n) is 2.80. The van der Waals surface area contributed by atoms with Crippen molar-refractivity contribution < 1.29 is 4.79 Å². The lowest BCUT2D eigenvalue weighted by Crippen LogP contribution is -2.25. The van der Waals surface area contributed by atoms with Gasteiger partial charge in [-0.15, -0.1) is 0 Å². The minimum absolute atomic E-state index is 0.135. The van der Waals surface area contributed by atoms with Crippen LogP contribution >= 0.6 is 0 Å². The van der Waals surface area contributed by atoms with Crippen molar-refractivity contribution in [1.29, 1.82) is 5.26 Å². The fourth-order valence-corrected chi connectivity index (χ4v) is 1.81. The lowest BCUT2D eigenvalue weighted by atomic mass is 10.1. The summed E-state index contributed by atoms with van der Waals surface area (Å²) in [6, 6.07) is 12.7. The zero-order chi connectivity index (χ0) is 13.5. The monoisotopic (exact) mass is 253 g/mol. The van der Waals surface area contributed by atoms with Gasteiger partial charge in [0.05, 0.1) is 11.6 Å². The molecule has 0 fully saturated rings. The van der Waals surface area contributed by atoms with Crippen LogP contribution in [0.5, 0.6) is 0 Å². The molecular formula is C15H15N3O. The lowest BCUT2D eigenvalue weighted by molar-refractivity contribution is 0.0952. The largest absolute Gasteiger partial charge is 0.354 e. The summed E-state index contributed by atoms with van der Waals surface area (Å²) in [7, 11) is 0. The van der Waals surface area contributed by atoms with Crippen molar-refractivity contribution in [3.63, 3.8) is 0 Å². The number of rotatable bonds is 5. The zero-order valence-electron chi connectivity index (χ0n) is 10.5. The van der Waals surface area contributed by atoms with Crippen molar-refractivity contribution in [1.82, 2.24) is 9.88 Å². The molecule has 1 aromatic carbocycles. The van der Waals surface area contributed by atoms with Crippen molar-refractivity contribution >= 4 is 5.91 Å². The SMILES string of the molecule is N#Cc1cccc(C(=O)NCCCn2cccc2)c1. The molecule has 0 atom stereocenters. The van der Waals surface area contributed by atoms with E-state index >= 15 is 0 Å². The highest BCUT2D eigenvalue weighted by Gasteiger charge is 2.05. The van der Waals surface area contributed by atoms with Crippen molar-refractivity contribution in [3.05, 3.63) is 59.9 Å². The number of nitriles is 1. The molecule has 0 saturated heterocycles. The maximum atomic E-state index is 11.8. The molecule has 0 spiro atoms. The third-order valence-corrected chi connectivity index (χ3v) is 2.80. The first-order chi connectivity index (χ1) is 9.29. The summed E-state index contributed by atoms with van der Waals surface area (Å²) in [6.45, 7) is 1.50. The molecule has 4 heteroatoms. The Balaban J connectivity index is 1.79. The number of hydrogen-bond acceptors (Lipinski definition) is 2. The fraction of sp³-hybridized carbons (Fsp3) is 0.200. The van der Waals surface area contributed by atoms with E-state index in [1.807, 2.05) is 30.6 Å². The summed E-state index contributed by atoms with van der Waals surface area (Å²) in [5, 5.41) is 11.6. The number of carbonyl (C=O) groups is 1. The van der Waals surface area contributed by atoms with Crippen LogP contribution in [-0.2, 0) is 6.54 Å². The molecule has 1 N–H and O–H groups in total. The highest BCUT2D eigenvalue weighted by Crippen LogP contribution is 2.03. The Morgan fingerprint density at radius 2 is 2.05 bits per heavy atom. The second-order valence-electron chi connectivity index (χ2n) is 4.22. The molecule has 0 bridgehead atoms. The second kappa shape index (κ2) is 6.41.